The van der Waals surface area contributed by atoms with Crippen molar-refractivity contribution in [1.29, 1.82) is 5.26 Å². The lowest BCUT2D eigenvalue weighted by Gasteiger charge is -2.39. The molecule has 0 N–H and O–H groups in total. The number of carbonyl (C=O) groups excluding carboxylic acids is 1. The van der Waals surface area contributed by atoms with Crippen LogP contribution in [0.2, 0.25) is 0 Å². The lowest BCUT2D eigenvalue weighted by molar-refractivity contribution is -0.144. The molecule has 0 aromatic heterocycles. The average molecular weight is 194 g/mol. The summed E-state index contributed by atoms with van der Waals surface area (Å²) in [4.78, 5) is 13.8. The van der Waals surface area contributed by atoms with Crippen LogP contribution in [0.5, 0.6) is 0 Å². The highest BCUT2D eigenvalue weighted by atomic mass is 16.2. The highest BCUT2D eigenvalue weighted by Gasteiger charge is 2.46. The molecule has 14 heavy (non-hydrogen) atoms. The second-order valence-electron chi connectivity index (χ2n) is 4.23. The molecule has 1 aliphatic carbocycles. The van der Waals surface area contributed by atoms with E-state index in [1.165, 1.54) is 0 Å². The summed E-state index contributed by atoms with van der Waals surface area (Å²) in [5, 5.41) is 9.04. The standard InChI is InChI=1S/C11H18N2O/c1-4-13(9(2)3)10(14)11(8-12)6-5-7-11/h9H,4-7H2,1-3H3. The van der Waals surface area contributed by atoms with Gasteiger partial charge in [-0.25, -0.2) is 0 Å². The SMILES string of the molecule is CCN(C(=O)C1(C#N)CCC1)C(C)C. The van der Waals surface area contributed by atoms with Gasteiger partial charge in [-0.15, -0.1) is 0 Å². The predicted octanol–water partition coefficient (Wildman–Crippen LogP) is 1.94. The van der Waals surface area contributed by atoms with Gasteiger partial charge in [-0.05, 0) is 40.0 Å². The Morgan fingerprint density at radius 2 is 2.14 bits per heavy atom. The summed E-state index contributed by atoms with van der Waals surface area (Å²) in [7, 11) is 0. The van der Waals surface area contributed by atoms with Gasteiger partial charge in [-0.3, -0.25) is 4.79 Å². The summed E-state index contributed by atoms with van der Waals surface area (Å²) in [5.41, 5.74) is -0.680. The summed E-state index contributed by atoms with van der Waals surface area (Å²) in [6, 6.07) is 2.39. The van der Waals surface area contributed by atoms with E-state index in [2.05, 4.69) is 6.07 Å². The molecule has 0 radical (unpaired) electrons. The van der Waals surface area contributed by atoms with Gasteiger partial charge in [0.15, 0.2) is 0 Å². The highest BCUT2D eigenvalue weighted by Crippen LogP contribution is 2.42. The molecular weight excluding hydrogens is 176 g/mol. The van der Waals surface area contributed by atoms with Crippen LogP contribution in [0.15, 0.2) is 0 Å². The first kappa shape index (κ1) is 11.0. The Balaban J connectivity index is 2.77. The Hall–Kier alpha value is -1.04. The van der Waals surface area contributed by atoms with Crippen molar-refractivity contribution in [2.45, 2.75) is 46.1 Å². The van der Waals surface area contributed by atoms with E-state index in [-0.39, 0.29) is 11.9 Å². The Bertz CT molecular complexity index is 261. The van der Waals surface area contributed by atoms with Crippen LogP contribution in [-0.4, -0.2) is 23.4 Å². The van der Waals surface area contributed by atoms with E-state index >= 15 is 0 Å². The fourth-order valence-electron chi connectivity index (χ4n) is 1.92. The Labute approximate surface area is 85.7 Å². The first-order valence-corrected chi connectivity index (χ1v) is 5.29. The molecule has 1 saturated carbocycles. The largest absolute Gasteiger partial charge is 0.339 e. The molecule has 0 spiro atoms. The average Bonchev–Trinajstić information content (AvgIpc) is 2.03. The summed E-state index contributed by atoms with van der Waals surface area (Å²) in [6.07, 6.45) is 2.49. The third-order valence-corrected chi connectivity index (χ3v) is 3.06. The third-order valence-electron chi connectivity index (χ3n) is 3.06. The van der Waals surface area contributed by atoms with Crippen LogP contribution in [0.1, 0.15) is 40.0 Å². The van der Waals surface area contributed by atoms with Crippen LogP contribution in [0.25, 0.3) is 0 Å². The van der Waals surface area contributed by atoms with Crippen molar-refractivity contribution in [1.82, 2.24) is 4.90 Å². The van der Waals surface area contributed by atoms with Gasteiger partial charge in [-0.1, -0.05) is 0 Å². The fraction of sp³-hybridized carbons (Fsp3) is 0.818. The molecule has 0 bridgehead atoms. The van der Waals surface area contributed by atoms with Crippen LogP contribution >= 0.6 is 0 Å². The van der Waals surface area contributed by atoms with E-state index in [9.17, 15) is 4.79 Å². The minimum absolute atomic E-state index is 0.0313. The number of hydrogen-bond donors (Lipinski definition) is 0. The minimum atomic E-state index is -0.680. The minimum Gasteiger partial charge on any atom is -0.339 e. The van der Waals surface area contributed by atoms with Crippen LogP contribution in [0.3, 0.4) is 0 Å². The Morgan fingerprint density at radius 1 is 1.57 bits per heavy atom. The molecule has 78 valence electrons. The maximum absolute atomic E-state index is 12.1. The van der Waals surface area contributed by atoms with E-state index in [1.807, 2.05) is 20.8 Å². The lowest BCUT2D eigenvalue weighted by Crippen LogP contribution is -2.49. The van der Waals surface area contributed by atoms with Crippen LogP contribution in [0, 0.1) is 16.7 Å². The quantitative estimate of drug-likeness (QED) is 0.689. The smallest absolute Gasteiger partial charge is 0.243 e. The summed E-state index contributed by atoms with van der Waals surface area (Å²) in [5.74, 6) is 0.0313. The van der Waals surface area contributed by atoms with Crippen molar-refractivity contribution in [3.63, 3.8) is 0 Å². The summed E-state index contributed by atoms with van der Waals surface area (Å²) in [6.45, 7) is 6.64. The predicted molar refractivity (Wildman–Crippen MR) is 54.4 cm³/mol. The molecule has 0 aromatic carbocycles. The lowest BCUT2D eigenvalue weighted by atomic mass is 9.69. The van der Waals surface area contributed by atoms with Crippen LogP contribution in [0.4, 0.5) is 0 Å². The molecule has 3 heteroatoms. The van der Waals surface area contributed by atoms with Crippen LogP contribution in [-0.2, 0) is 4.79 Å². The van der Waals surface area contributed by atoms with Gasteiger partial charge in [0.05, 0.1) is 6.07 Å². The van der Waals surface area contributed by atoms with Crippen molar-refractivity contribution in [2.24, 2.45) is 5.41 Å². The molecule has 1 rings (SSSR count). The van der Waals surface area contributed by atoms with Gasteiger partial charge < -0.3 is 4.90 Å². The monoisotopic (exact) mass is 194 g/mol. The van der Waals surface area contributed by atoms with Gasteiger partial charge >= 0.3 is 0 Å². The third kappa shape index (κ3) is 1.61. The van der Waals surface area contributed by atoms with Gasteiger partial charge in [0.2, 0.25) is 5.91 Å². The zero-order valence-electron chi connectivity index (χ0n) is 9.21. The number of carbonyl (C=O) groups is 1. The molecule has 0 saturated heterocycles. The molecular formula is C11H18N2O. The van der Waals surface area contributed by atoms with Crippen molar-refractivity contribution >= 4 is 5.91 Å². The number of hydrogen-bond acceptors (Lipinski definition) is 2. The van der Waals surface area contributed by atoms with Gasteiger partial charge in [0.1, 0.15) is 5.41 Å². The molecule has 3 nitrogen and oxygen atoms in total. The van der Waals surface area contributed by atoms with Crippen molar-refractivity contribution in [2.75, 3.05) is 6.54 Å². The van der Waals surface area contributed by atoms with E-state index in [0.717, 1.165) is 19.3 Å². The highest BCUT2D eigenvalue weighted by molar-refractivity contribution is 5.86. The summed E-state index contributed by atoms with van der Waals surface area (Å²) < 4.78 is 0. The van der Waals surface area contributed by atoms with E-state index in [0.29, 0.717) is 6.54 Å². The first-order chi connectivity index (χ1) is 6.57. The van der Waals surface area contributed by atoms with Crippen LogP contribution < -0.4 is 0 Å². The van der Waals surface area contributed by atoms with Crippen molar-refractivity contribution in [3.8, 4) is 6.07 Å². The van der Waals surface area contributed by atoms with Gasteiger partial charge in [0, 0.05) is 12.6 Å². The number of nitrogens with zero attached hydrogens (tertiary/aromatic N) is 2. The zero-order valence-corrected chi connectivity index (χ0v) is 9.21. The maximum Gasteiger partial charge on any atom is 0.243 e. The molecule has 1 fully saturated rings. The van der Waals surface area contributed by atoms with E-state index in [4.69, 9.17) is 5.26 Å². The maximum atomic E-state index is 12.1. The molecule has 0 unspecified atom stereocenters. The molecule has 0 aliphatic heterocycles. The second kappa shape index (κ2) is 4.00. The van der Waals surface area contributed by atoms with E-state index in [1.54, 1.807) is 4.90 Å². The fourth-order valence-corrected chi connectivity index (χ4v) is 1.92. The first-order valence-electron chi connectivity index (χ1n) is 5.29. The number of rotatable bonds is 3. The van der Waals surface area contributed by atoms with Crippen molar-refractivity contribution < 1.29 is 4.79 Å². The zero-order chi connectivity index (χ0) is 10.8. The van der Waals surface area contributed by atoms with Gasteiger partial charge in [0.25, 0.3) is 0 Å². The van der Waals surface area contributed by atoms with E-state index < -0.39 is 5.41 Å². The molecule has 0 heterocycles. The van der Waals surface area contributed by atoms with Gasteiger partial charge in [-0.2, -0.15) is 5.26 Å². The number of nitriles is 1. The number of amides is 1. The Kier molecular flexibility index (Phi) is 3.15. The van der Waals surface area contributed by atoms with Crippen molar-refractivity contribution in [3.05, 3.63) is 0 Å². The molecule has 1 amide bonds. The second-order valence-corrected chi connectivity index (χ2v) is 4.23. The topological polar surface area (TPSA) is 44.1 Å². The normalized spacial score (nSPS) is 18.5. The molecule has 1 aliphatic rings. The molecule has 0 atom stereocenters. The Morgan fingerprint density at radius 3 is 2.36 bits per heavy atom. The molecule has 0 aromatic rings. The summed E-state index contributed by atoms with van der Waals surface area (Å²) >= 11 is 0.